The minimum atomic E-state index is -0.530. The van der Waals surface area contributed by atoms with Crippen LogP contribution in [0, 0.1) is 15.5 Å². The Labute approximate surface area is 90.3 Å². The standard InChI is InChI=1S/C8H10N4O2S/c9-6-2-1-5(4-15-8(10)11)3-7(6)12(13)14/h1-3H,4,9H2,(H3,10,11). The predicted octanol–water partition coefficient (Wildman–Crippen LogP) is 1.30. The van der Waals surface area contributed by atoms with E-state index in [0.29, 0.717) is 5.75 Å². The average molecular weight is 226 g/mol. The number of amidine groups is 1. The van der Waals surface area contributed by atoms with Crippen molar-refractivity contribution in [2.75, 3.05) is 5.73 Å². The molecule has 1 rings (SSSR count). The Bertz CT molecular complexity index is 408. The van der Waals surface area contributed by atoms with Gasteiger partial charge in [0.2, 0.25) is 0 Å². The number of nitro groups is 1. The summed E-state index contributed by atoms with van der Waals surface area (Å²) >= 11 is 1.11. The highest BCUT2D eigenvalue weighted by Crippen LogP contribution is 2.24. The van der Waals surface area contributed by atoms with Crippen molar-refractivity contribution >= 4 is 28.3 Å². The van der Waals surface area contributed by atoms with Gasteiger partial charge in [0.25, 0.3) is 5.69 Å². The number of anilines is 1. The minimum absolute atomic E-state index is 0.0190. The molecule has 0 aliphatic rings. The van der Waals surface area contributed by atoms with E-state index < -0.39 is 4.92 Å². The summed E-state index contributed by atoms with van der Waals surface area (Å²) < 4.78 is 0. The summed E-state index contributed by atoms with van der Waals surface area (Å²) in [6.07, 6.45) is 0. The van der Waals surface area contributed by atoms with Crippen molar-refractivity contribution in [3.05, 3.63) is 33.9 Å². The molecule has 0 saturated heterocycles. The highest BCUT2D eigenvalue weighted by atomic mass is 32.2. The van der Waals surface area contributed by atoms with Gasteiger partial charge < -0.3 is 11.5 Å². The maximum absolute atomic E-state index is 10.6. The number of nitrogen functional groups attached to an aromatic ring is 1. The number of thioether (sulfide) groups is 1. The second-order valence-electron chi connectivity index (χ2n) is 2.80. The number of nitro benzene ring substituents is 1. The van der Waals surface area contributed by atoms with E-state index >= 15 is 0 Å². The number of nitrogens with zero attached hydrogens (tertiary/aromatic N) is 1. The molecule has 0 heterocycles. The van der Waals surface area contributed by atoms with Crippen LogP contribution < -0.4 is 11.5 Å². The smallest absolute Gasteiger partial charge is 0.292 e. The SMILES string of the molecule is N=C(N)SCc1ccc(N)c([N+](=O)[O-])c1. The Hall–Kier alpha value is -1.76. The third-order valence-corrected chi connectivity index (χ3v) is 2.47. The molecule has 1 aromatic carbocycles. The molecule has 80 valence electrons. The molecule has 0 amide bonds. The summed E-state index contributed by atoms with van der Waals surface area (Å²) in [5.41, 5.74) is 11.3. The molecule has 0 aliphatic heterocycles. The molecule has 6 nitrogen and oxygen atoms in total. The van der Waals surface area contributed by atoms with Crippen LogP contribution in [0.2, 0.25) is 0 Å². The molecular formula is C8H10N4O2S. The Morgan fingerprint density at radius 3 is 2.80 bits per heavy atom. The molecule has 0 radical (unpaired) electrons. The van der Waals surface area contributed by atoms with Crippen LogP contribution in [0.3, 0.4) is 0 Å². The van der Waals surface area contributed by atoms with Gasteiger partial charge in [-0.2, -0.15) is 0 Å². The number of hydrogen-bond donors (Lipinski definition) is 3. The summed E-state index contributed by atoms with van der Waals surface area (Å²) in [5.74, 6) is 0.427. The van der Waals surface area contributed by atoms with Crippen LogP contribution in [0.5, 0.6) is 0 Å². The van der Waals surface area contributed by atoms with E-state index in [4.69, 9.17) is 16.9 Å². The van der Waals surface area contributed by atoms with Crippen LogP contribution in [-0.2, 0) is 5.75 Å². The largest absolute Gasteiger partial charge is 0.393 e. The zero-order chi connectivity index (χ0) is 11.4. The quantitative estimate of drug-likeness (QED) is 0.236. The first kappa shape index (κ1) is 11.3. The van der Waals surface area contributed by atoms with Gasteiger partial charge in [-0.1, -0.05) is 17.8 Å². The summed E-state index contributed by atoms with van der Waals surface area (Å²) in [6, 6.07) is 4.55. The number of rotatable bonds is 3. The zero-order valence-corrected chi connectivity index (χ0v) is 8.58. The second-order valence-corrected chi connectivity index (χ2v) is 3.82. The summed E-state index contributed by atoms with van der Waals surface area (Å²) in [5, 5.41) is 17.6. The van der Waals surface area contributed by atoms with E-state index in [1.54, 1.807) is 6.07 Å². The van der Waals surface area contributed by atoms with Gasteiger partial charge >= 0.3 is 0 Å². The molecule has 0 spiro atoms. The Morgan fingerprint density at radius 1 is 1.60 bits per heavy atom. The minimum Gasteiger partial charge on any atom is -0.393 e. The van der Waals surface area contributed by atoms with Crippen molar-refractivity contribution in [3.63, 3.8) is 0 Å². The summed E-state index contributed by atoms with van der Waals surface area (Å²) in [4.78, 5) is 10.0. The average Bonchev–Trinajstić information content (AvgIpc) is 2.16. The lowest BCUT2D eigenvalue weighted by atomic mass is 10.2. The van der Waals surface area contributed by atoms with Crippen LogP contribution in [0.4, 0.5) is 11.4 Å². The third kappa shape index (κ3) is 3.13. The summed E-state index contributed by atoms with van der Waals surface area (Å²) in [7, 11) is 0. The van der Waals surface area contributed by atoms with Gasteiger partial charge in [-0.3, -0.25) is 15.5 Å². The fourth-order valence-corrected chi connectivity index (χ4v) is 1.50. The molecule has 1 aromatic rings. The van der Waals surface area contributed by atoms with Crippen molar-refractivity contribution in [2.24, 2.45) is 5.73 Å². The zero-order valence-electron chi connectivity index (χ0n) is 7.77. The van der Waals surface area contributed by atoms with Crippen LogP contribution in [0.25, 0.3) is 0 Å². The van der Waals surface area contributed by atoms with E-state index in [-0.39, 0.29) is 16.5 Å². The molecule has 0 aromatic heterocycles. The van der Waals surface area contributed by atoms with E-state index in [1.807, 2.05) is 0 Å². The number of hydrogen-bond acceptors (Lipinski definition) is 5. The van der Waals surface area contributed by atoms with Gasteiger partial charge in [-0.05, 0) is 11.6 Å². The normalized spacial score (nSPS) is 9.87. The van der Waals surface area contributed by atoms with Gasteiger partial charge in [0.05, 0.1) is 4.92 Å². The maximum atomic E-state index is 10.6. The lowest BCUT2D eigenvalue weighted by Crippen LogP contribution is -2.04. The molecule has 0 fully saturated rings. The molecule has 0 saturated carbocycles. The fraction of sp³-hybridized carbons (Fsp3) is 0.125. The van der Waals surface area contributed by atoms with Crippen molar-refractivity contribution < 1.29 is 4.92 Å². The van der Waals surface area contributed by atoms with Crippen LogP contribution in [0.15, 0.2) is 18.2 Å². The van der Waals surface area contributed by atoms with Gasteiger partial charge in [-0.25, -0.2) is 0 Å². The van der Waals surface area contributed by atoms with Gasteiger partial charge in [0, 0.05) is 11.8 Å². The molecule has 0 atom stereocenters. The molecule has 0 bridgehead atoms. The lowest BCUT2D eigenvalue weighted by Gasteiger charge is -2.01. The first-order chi connectivity index (χ1) is 7.00. The molecule has 0 unspecified atom stereocenters. The summed E-state index contributed by atoms with van der Waals surface area (Å²) in [6.45, 7) is 0. The van der Waals surface area contributed by atoms with Crippen molar-refractivity contribution in [1.29, 1.82) is 5.41 Å². The second kappa shape index (κ2) is 4.65. The van der Waals surface area contributed by atoms with E-state index in [1.165, 1.54) is 12.1 Å². The molecule has 0 aliphatic carbocycles. The molecule has 15 heavy (non-hydrogen) atoms. The number of benzene rings is 1. The van der Waals surface area contributed by atoms with E-state index in [2.05, 4.69) is 0 Å². The maximum Gasteiger partial charge on any atom is 0.292 e. The highest BCUT2D eigenvalue weighted by Gasteiger charge is 2.11. The van der Waals surface area contributed by atoms with E-state index in [0.717, 1.165) is 17.3 Å². The van der Waals surface area contributed by atoms with Crippen LogP contribution in [-0.4, -0.2) is 10.1 Å². The molecular weight excluding hydrogens is 216 g/mol. The fourth-order valence-electron chi connectivity index (χ4n) is 0.998. The first-order valence-corrected chi connectivity index (χ1v) is 4.99. The monoisotopic (exact) mass is 226 g/mol. The Kier molecular flexibility index (Phi) is 3.51. The number of nitrogens with one attached hydrogen (secondary N) is 1. The van der Waals surface area contributed by atoms with Crippen LogP contribution in [0.1, 0.15) is 5.56 Å². The van der Waals surface area contributed by atoms with E-state index in [9.17, 15) is 10.1 Å². The lowest BCUT2D eigenvalue weighted by molar-refractivity contribution is -0.383. The Morgan fingerprint density at radius 2 is 2.27 bits per heavy atom. The van der Waals surface area contributed by atoms with Gasteiger partial charge in [0.1, 0.15) is 5.69 Å². The first-order valence-electron chi connectivity index (χ1n) is 4.00. The Balaban J connectivity index is 2.87. The topological polar surface area (TPSA) is 119 Å². The van der Waals surface area contributed by atoms with Gasteiger partial charge in [-0.15, -0.1) is 0 Å². The highest BCUT2D eigenvalue weighted by molar-refractivity contribution is 8.13. The molecule has 5 N–H and O–H groups in total. The number of nitrogens with two attached hydrogens (primary N) is 2. The molecule has 7 heteroatoms. The van der Waals surface area contributed by atoms with Gasteiger partial charge in [0.15, 0.2) is 5.17 Å². The third-order valence-electron chi connectivity index (χ3n) is 1.69. The van der Waals surface area contributed by atoms with Crippen molar-refractivity contribution in [1.82, 2.24) is 0 Å². The van der Waals surface area contributed by atoms with Crippen molar-refractivity contribution in [3.8, 4) is 0 Å². The predicted molar refractivity (Wildman–Crippen MR) is 60.7 cm³/mol. The van der Waals surface area contributed by atoms with Crippen molar-refractivity contribution in [2.45, 2.75) is 5.75 Å². The van der Waals surface area contributed by atoms with Crippen LogP contribution >= 0.6 is 11.8 Å².